The molecule has 2 unspecified atom stereocenters. The zero-order chi connectivity index (χ0) is 28.3. The van der Waals surface area contributed by atoms with E-state index in [-0.39, 0.29) is 12.0 Å². The summed E-state index contributed by atoms with van der Waals surface area (Å²) in [4.78, 5) is 19.8. The number of allylic oxidation sites excluding steroid dienone is 4. The van der Waals surface area contributed by atoms with E-state index < -0.39 is 0 Å². The summed E-state index contributed by atoms with van der Waals surface area (Å²) in [6, 6.07) is 31.7. The zero-order valence-corrected chi connectivity index (χ0v) is 23.2. The molecule has 0 radical (unpaired) electrons. The molecule has 0 spiro atoms. The number of aliphatic imine (C=N–C) groups is 1. The summed E-state index contributed by atoms with van der Waals surface area (Å²) in [5, 5.41) is 5.79. The molecule has 0 bridgehead atoms. The van der Waals surface area contributed by atoms with Crippen LogP contribution >= 0.6 is 0 Å². The van der Waals surface area contributed by atoms with Gasteiger partial charge in [-0.25, -0.2) is 15.0 Å². The molecule has 9 rings (SSSR count). The van der Waals surface area contributed by atoms with Crippen molar-refractivity contribution in [2.24, 2.45) is 10.9 Å². The molecule has 0 N–H and O–H groups in total. The summed E-state index contributed by atoms with van der Waals surface area (Å²) in [6.45, 7) is 0. The second-order valence-corrected chi connectivity index (χ2v) is 11.1. The number of dihydropyridines is 1. The first-order valence-corrected chi connectivity index (χ1v) is 14.6. The molecule has 0 saturated heterocycles. The van der Waals surface area contributed by atoms with Crippen LogP contribution in [0.2, 0.25) is 0 Å². The molecule has 0 saturated carbocycles. The Kier molecular flexibility index (Phi) is 5.26. The minimum absolute atomic E-state index is 0.0706. The van der Waals surface area contributed by atoms with Crippen molar-refractivity contribution in [1.82, 2.24) is 19.4 Å². The molecule has 0 fully saturated rings. The second kappa shape index (κ2) is 9.43. The van der Waals surface area contributed by atoms with E-state index in [0.717, 1.165) is 50.3 Å². The van der Waals surface area contributed by atoms with E-state index >= 15 is 0 Å². The predicted molar refractivity (Wildman–Crippen MR) is 175 cm³/mol. The normalized spacial score (nSPS) is 17.6. The first kappa shape index (κ1) is 24.0. The molecule has 2 atom stereocenters. The highest BCUT2D eigenvalue weighted by atomic mass is 15.0. The highest BCUT2D eigenvalue weighted by Crippen LogP contribution is 2.42. The number of pyridine rings is 3. The van der Waals surface area contributed by atoms with Gasteiger partial charge in [-0.15, -0.1) is 0 Å². The van der Waals surface area contributed by atoms with Gasteiger partial charge in [0.25, 0.3) is 0 Å². The molecular formula is C38H25N5. The van der Waals surface area contributed by atoms with Gasteiger partial charge in [0.2, 0.25) is 0 Å². The maximum Gasteiger partial charge on any atom is 0.160 e. The SMILES string of the molecule is C1=CC2=CC=NC(c3c(-c4ccc(-c5nc6ncccc6c6c5ccc5ccccc56)cc4)nc4ccccn34)C2C=C1. The van der Waals surface area contributed by atoms with Gasteiger partial charge in [-0.05, 0) is 46.7 Å². The largest absolute Gasteiger partial charge is 0.301 e. The number of aromatic nitrogens is 4. The lowest BCUT2D eigenvalue weighted by atomic mass is 9.83. The van der Waals surface area contributed by atoms with Crippen molar-refractivity contribution in [2.75, 3.05) is 0 Å². The minimum Gasteiger partial charge on any atom is -0.301 e. The van der Waals surface area contributed by atoms with Gasteiger partial charge in [-0.3, -0.25) is 4.99 Å². The molecule has 5 nitrogen and oxygen atoms in total. The molecule has 0 amide bonds. The standard InChI is InChI=1S/C38H25N5/c1-3-10-28-24(8-1)18-19-30-33(28)31-12-7-21-40-38(31)42-34(30)26-14-16-27(17-15-26)35-37(43-23-6-5-13-32(43)41-35)36-29-11-4-2-9-25(29)20-22-39-36/h1-23,29,36H. The molecule has 5 heteroatoms. The summed E-state index contributed by atoms with van der Waals surface area (Å²) >= 11 is 0. The Bertz CT molecular complexity index is 2340. The molecule has 1 aliphatic heterocycles. The van der Waals surface area contributed by atoms with Crippen LogP contribution in [0, 0.1) is 5.92 Å². The van der Waals surface area contributed by atoms with Gasteiger partial charge in [0.05, 0.1) is 17.1 Å². The number of rotatable bonds is 3. The fourth-order valence-electron chi connectivity index (χ4n) is 6.70. The first-order chi connectivity index (χ1) is 21.3. The second-order valence-electron chi connectivity index (χ2n) is 11.1. The van der Waals surface area contributed by atoms with Gasteiger partial charge in [-0.1, -0.05) is 91.0 Å². The van der Waals surface area contributed by atoms with Crippen LogP contribution in [0.15, 0.2) is 144 Å². The Morgan fingerprint density at radius 2 is 1.51 bits per heavy atom. The van der Waals surface area contributed by atoms with Gasteiger partial charge >= 0.3 is 0 Å². The van der Waals surface area contributed by atoms with Crippen molar-refractivity contribution in [3.63, 3.8) is 0 Å². The molecule has 4 aromatic heterocycles. The van der Waals surface area contributed by atoms with Gasteiger partial charge < -0.3 is 4.40 Å². The van der Waals surface area contributed by atoms with Gasteiger partial charge in [0, 0.05) is 51.8 Å². The molecular weight excluding hydrogens is 526 g/mol. The van der Waals surface area contributed by atoms with Crippen LogP contribution in [0.4, 0.5) is 0 Å². The van der Waals surface area contributed by atoms with Crippen LogP contribution < -0.4 is 0 Å². The third kappa shape index (κ3) is 3.71. The number of nitrogens with zero attached hydrogens (tertiary/aromatic N) is 5. The number of hydrogen-bond donors (Lipinski definition) is 0. The van der Waals surface area contributed by atoms with Crippen LogP contribution in [0.1, 0.15) is 11.7 Å². The minimum atomic E-state index is -0.0706. The topological polar surface area (TPSA) is 55.4 Å². The molecule has 5 heterocycles. The van der Waals surface area contributed by atoms with Crippen molar-refractivity contribution in [3.8, 4) is 22.5 Å². The maximum absolute atomic E-state index is 5.13. The lowest BCUT2D eigenvalue weighted by molar-refractivity contribution is 0.578. The highest BCUT2D eigenvalue weighted by Gasteiger charge is 2.31. The van der Waals surface area contributed by atoms with E-state index in [1.165, 1.54) is 21.7 Å². The Morgan fingerprint density at radius 1 is 0.674 bits per heavy atom. The van der Waals surface area contributed by atoms with Crippen LogP contribution in [0.3, 0.4) is 0 Å². The van der Waals surface area contributed by atoms with E-state index in [0.29, 0.717) is 0 Å². The molecule has 2 aliphatic rings. The average molecular weight is 552 g/mol. The molecule has 43 heavy (non-hydrogen) atoms. The molecule has 202 valence electrons. The van der Waals surface area contributed by atoms with Gasteiger partial charge in [0.1, 0.15) is 11.7 Å². The molecule has 1 aliphatic carbocycles. The van der Waals surface area contributed by atoms with E-state index in [2.05, 4.69) is 125 Å². The summed E-state index contributed by atoms with van der Waals surface area (Å²) < 4.78 is 2.19. The third-order valence-corrected chi connectivity index (χ3v) is 8.69. The van der Waals surface area contributed by atoms with E-state index in [1.807, 2.05) is 24.5 Å². The van der Waals surface area contributed by atoms with Gasteiger partial charge in [0.15, 0.2) is 5.65 Å². The van der Waals surface area contributed by atoms with Crippen molar-refractivity contribution in [2.45, 2.75) is 6.04 Å². The van der Waals surface area contributed by atoms with E-state index in [4.69, 9.17) is 15.0 Å². The van der Waals surface area contributed by atoms with Gasteiger partial charge in [-0.2, -0.15) is 0 Å². The fourth-order valence-corrected chi connectivity index (χ4v) is 6.70. The van der Waals surface area contributed by atoms with Crippen LogP contribution in [0.5, 0.6) is 0 Å². The summed E-state index contributed by atoms with van der Waals surface area (Å²) in [5.74, 6) is 0.170. The maximum atomic E-state index is 5.13. The van der Waals surface area contributed by atoms with E-state index in [9.17, 15) is 0 Å². The van der Waals surface area contributed by atoms with Crippen molar-refractivity contribution >= 4 is 44.4 Å². The summed E-state index contributed by atoms with van der Waals surface area (Å²) in [5.41, 5.74) is 8.01. The number of fused-ring (bicyclic) bond motifs is 7. The quantitative estimate of drug-likeness (QED) is 0.206. The Labute approximate surface area is 247 Å². The van der Waals surface area contributed by atoms with Crippen molar-refractivity contribution in [1.29, 1.82) is 0 Å². The number of hydrogen-bond acceptors (Lipinski definition) is 4. The average Bonchev–Trinajstić information content (AvgIpc) is 3.47. The Morgan fingerprint density at radius 3 is 2.44 bits per heavy atom. The smallest absolute Gasteiger partial charge is 0.160 e. The molecule has 3 aromatic carbocycles. The van der Waals surface area contributed by atoms with E-state index in [1.54, 1.807) is 0 Å². The fraction of sp³-hybridized carbons (Fsp3) is 0.0526. The van der Waals surface area contributed by atoms with Crippen molar-refractivity contribution in [3.05, 3.63) is 145 Å². The first-order valence-electron chi connectivity index (χ1n) is 14.6. The lowest BCUT2D eigenvalue weighted by Gasteiger charge is -2.27. The lowest BCUT2D eigenvalue weighted by Crippen LogP contribution is -2.18. The highest BCUT2D eigenvalue weighted by molar-refractivity contribution is 6.21. The number of benzene rings is 3. The predicted octanol–water partition coefficient (Wildman–Crippen LogP) is 8.71. The molecule has 7 aromatic rings. The third-order valence-electron chi connectivity index (χ3n) is 8.69. The summed E-state index contributed by atoms with van der Waals surface area (Å²) in [6.07, 6.45) is 16.6. The zero-order valence-electron chi connectivity index (χ0n) is 23.2. The van der Waals surface area contributed by atoms with Crippen LogP contribution in [-0.4, -0.2) is 25.6 Å². The van der Waals surface area contributed by atoms with Crippen LogP contribution in [-0.2, 0) is 0 Å². The Balaban J connectivity index is 1.21. The number of imidazole rings is 1. The monoisotopic (exact) mass is 551 g/mol. The Hall–Kier alpha value is -5.68. The van der Waals surface area contributed by atoms with Crippen molar-refractivity contribution < 1.29 is 0 Å². The van der Waals surface area contributed by atoms with Crippen LogP contribution in [0.25, 0.3) is 60.7 Å². The summed E-state index contributed by atoms with van der Waals surface area (Å²) in [7, 11) is 0.